The van der Waals surface area contributed by atoms with Crippen molar-refractivity contribution < 1.29 is 19.4 Å². The largest absolute Gasteiger partial charge is 0.384 e. The molecule has 0 spiro atoms. The molecule has 1 amide bonds. The second kappa shape index (κ2) is 9.58. The molecule has 0 fully saturated rings. The summed E-state index contributed by atoms with van der Waals surface area (Å²) in [5.41, 5.74) is 0.00389. The summed E-state index contributed by atoms with van der Waals surface area (Å²) in [6.45, 7) is 6.86. The van der Waals surface area contributed by atoms with Crippen LogP contribution < -0.4 is 5.32 Å². The number of amides is 1. The Labute approximate surface area is 106 Å². The molecule has 0 saturated carbocycles. The van der Waals surface area contributed by atoms with Crippen LogP contribution >= 0.6 is 0 Å². The average molecular weight is 260 g/mol. The Hall–Kier alpha value is -0.433. The van der Waals surface area contributed by atoms with Crippen LogP contribution in [0.5, 0.6) is 0 Å². The van der Waals surface area contributed by atoms with Crippen molar-refractivity contribution in [2.75, 3.05) is 19.8 Å². The molecule has 2 unspecified atom stereocenters. The van der Waals surface area contributed by atoms with Gasteiger partial charge in [0, 0.05) is 30.0 Å². The lowest BCUT2D eigenvalue weighted by molar-refractivity contribution is -0.139. The first-order valence-corrected chi connectivity index (χ1v) is 6.50. The van der Waals surface area contributed by atoms with Gasteiger partial charge in [-0.3, -0.25) is 4.79 Å². The maximum absolute atomic E-state index is 11.1. The van der Waals surface area contributed by atoms with Crippen molar-refractivity contribution in [3.63, 3.8) is 0 Å². The van der Waals surface area contributed by atoms with E-state index in [0.29, 0.717) is 26.2 Å². The molecule has 0 aromatic rings. The Morgan fingerprint density at radius 2 is 1.88 bits per heavy atom. The quantitative estimate of drug-likeness (QED) is 0.460. The number of aliphatic hydroxyl groups is 1. The van der Waals surface area contributed by atoms with E-state index in [1.807, 2.05) is 13.8 Å². The summed E-state index contributed by atoms with van der Waals surface area (Å²) in [6.07, 6.45) is -0.622. The molecule has 99 valence electrons. The summed E-state index contributed by atoms with van der Waals surface area (Å²) in [5, 5.41) is 11.6. The normalized spacial score (nSPS) is 14.7. The number of nitrogens with one attached hydrogen (secondary N) is 1. The molecule has 0 bridgehead atoms. The Morgan fingerprint density at radius 3 is 2.29 bits per heavy atom. The number of hydrogen-bond acceptors (Lipinski definition) is 4. The number of hydrogen-bond donors (Lipinski definition) is 2. The van der Waals surface area contributed by atoms with Gasteiger partial charge in [0.15, 0.2) is 6.29 Å². The molecule has 2 atom stereocenters. The van der Waals surface area contributed by atoms with Crippen LogP contribution in [0.15, 0.2) is 0 Å². The summed E-state index contributed by atoms with van der Waals surface area (Å²) in [4.78, 5) is 11.1. The highest BCUT2D eigenvalue weighted by molar-refractivity contribution is 6.11. The molecule has 6 heteroatoms. The van der Waals surface area contributed by atoms with Gasteiger partial charge in [0.05, 0.1) is 0 Å². The maximum Gasteiger partial charge on any atom is 0.248 e. The van der Waals surface area contributed by atoms with Crippen molar-refractivity contribution >= 4 is 16.1 Å². The minimum Gasteiger partial charge on any atom is -0.384 e. The maximum atomic E-state index is 11.1. The van der Waals surface area contributed by atoms with Crippen LogP contribution in [0.4, 0.5) is 0 Å². The molecule has 17 heavy (non-hydrogen) atoms. The van der Waals surface area contributed by atoms with E-state index in [0.717, 1.165) is 0 Å². The summed E-state index contributed by atoms with van der Waals surface area (Å²) < 4.78 is 10.8. The first kappa shape index (κ1) is 16.6. The van der Waals surface area contributed by atoms with E-state index in [1.54, 1.807) is 0 Å². The molecule has 0 aromatic carbocycles. The van der Waals surface area contributed by atoms with Gasteiger partial charge in [0.2, 0.25) is 5.91 Å². The van der Waals surface area contributed by atoms with E-state index in [1.165, 1.54) is 6.92 Å². The third-order valence-corrected chi connectivity index (χ3v) is 2.69. The Balaban J connectivity index is 3.88. The molecule has 0 heterocycles. The van der Waals surface area contributed by atoms with Crippen LogP contribution in [0.3, 0.4) is 0 Å². The first-order chi connectivity index (χ1) is 8.02. The molecule has 2 N–H and O–H groups in total. The molecule has 0 aliphatic carbocycles. The molecule has 0 saturated heterocycles. The Kier molecular flexibility index (Phi) is 9.34. The summed E-state index contributed by atoms with van der Waals surface area (Å²) in [7, 11) is 3.52. The van der Waals surface area contributed by atoms with Crippen molar-refractivity contribution in [1.29, 1.82) is 0 Å². The minimum atomic E-state index is -0.974. The van der Waals surface area contributed by atoms with Crippen LogP contribution in [-0.2, 0) is 14.3 Å². The number of ether oxygens (including phenoxy) is 2. The zero-order chi connectivity index (χ0) is 13.3. The predicted octanol–water partition coefficient (Wildman–Crippen LogP) is 0.230. The zero-order valence-electron chi connectivity index (χ0n) is 10.7. The van der Waals surface area contributed by atoms with Crippen molar-refractivity contribution in [3.8, 4) is 0 Å². The molecular formula is C11H22NO4Si. The average Bonchev–Trinajstić information content (AvgIpc) is 2.28. The van der Waals surface area contributed by atoms with Crippen molar-refractivity contribution in [3.05, 3.63) is 0 Å². The topological polar surface area (TPSA) is 67.8 Å². The smallest absolute Gasteiger partial charge is 0.248 e. The minimum absolute atomic E-state index is 0.00389. The SMILES string of the molecule is CCOC(OCC)C([Si])CCNC(=O)C(C)O. The van der Waals surface area contributed by atoms with Gasteiger partial charge in [-0.1, -0.05) is 0 Å². The summed E-state index contributed by atoms with van der Waals surface area (Å²) >= 11 is 0. The number of carbonyl (C=O) groups excluding carboxylic acids is 1. The number of aliphatic hydroxyl groups excluding tert-OH is 1. The van der Waals surface area contributed by atoms with Crippen molar-refractivity contribution in [1.82, 2.24) is 5.32 Å². The fraction of sp³-hybridized carbons (Fsp3) is 0.909. The Bertz CT molecular complexity index is 208. The lowest BCUT2D eigenvalue weighted by Gasteiger charge is -2.23. The van der Waals surface area contributed by atoms with Crippen molar-refractivity contribution in [2.45, 2.75) is 45.1 Å². The standard InChI is InChI=1S/C11H22NO4Si/c1-4-15-11(16-5-2)9(17)6-7-12-10(14)8(3)13/h8-9,11,13H,4-7H2,1-3H3,(H,12,14). The second-order valence-electron chi connectivity index (χ2n) is 3.64. The lowest BCUT2D eigenvalue weighted by Crippen LogP contribution is -2.34. The van der Waals surface area contributed by atoms with Crippen LogP contribution in [0, 0.1) is 0 Å². The van der Waals surface area contributed by atoms with Gasteiger partial charge in [-0.25, -0.2) is 0 Å². The van der Waals surface area contributed by atoms with E-state index in [-0.39, 0.29) is 17.7 Å². The first-order valence-electron chi connectivity index (χ1n) is 5.93. The van der Waals surface area contributed by atoms with Gasteiger partial charge in [-0.05, 0) is 32.7 Å². The van der Waals surface area contributed by atoms with E-state index < -0.39 is 6.10 Å². The highest BCUT2D eigenvalue weighted by atomic mass is 28.1. The lowest BCUT2D eigenvalue weighted by atomic mass is 10.2. The van der Waals surface area contributed by atoms with E-state index >= 15 is 0 Å². The fourth-order valence-electron chi connectivity index (χ4n) is 1.24. The van der Waals surface area contributed by atoms with Crippen LogP contribution in [0.1, 0.15) is 27.2 Å². The van der Waals surface area contributed by atoms with Gasteiger partial charge < -0.3 is 19.9 Å². The van der Waals surface area contributed by atoms with Gasteiger partial charge >= 0.3 is 0 Å². The van der Waals surface area contributed by atoms with Crippen LogP contribution in [0.2, 0.25) is 5.54 Å². The highest BCUT2D eigenvalue weighted by Crippen LogP contribution is 2.16. The van der Waals surface area contributed by atoms with E-state index in [4.69, 9.17) is 14.6 Å². The van der Waals surface area contributed by atoms with Gasteiger partial charge in [-0.15, -0.1) is 0 Å². The molecule has 0 aliphatic rings. The van der Waals surface area contributed by atoms with Gasteiger partial charge in [-0.2, -0.15) is 0 Å². The Morgan fingerprint density at radius 1 is 1.35 bits per heavy atom. The molecular weight excluding hydrogens is 238 g/mol. The highest BCUT2D eigenvalue weighted by Gasteiger charge is 2.18. The third kappa shape index (κ3) is 7.48. The number of rotatable bonds is 9. The molecule has 5 nitrogen and oxygen atoms in total. The fourth-order valence-corrected chi connectivity index (χ4v) is 1.58. The van der Waals surface area contributed by atoms with Crippen molar-refractivity contribution in [2.24, 2.45) is 0 Å². The predicted molar refractivity (Wildman–Crippen MR) is 65.9 cm³/mol. The van der Waals surface area contributed by atoms with Crippen LogP contribution in [0.25, 0.3) is 0 Å². The van der Waals surface area contributed by atoms with Crippen LogP contribution in [-0.4, -0.2) is 53.4 Å². The third-order valence-electron chi connectivity index (χ3n) is 2.12. The van der Waals surface area contributed by atoms with E-state index in [2.05, 4.69) is 15.6 Å². The van der Waals surface area contributed by atoms with Gasteiger partial charge in [0.25, 0.3) is 0 Å². The zero-order valence-corrected chi connectivity index (χ0v) is 11.7. The summed E-state index contributed by atoms with van der Waals surface area (Å²) in [6, 6.07) is 0. The van der Waals surface area contributed by atoms with E-state index in [9.17, 15) is 4.79 Å². The molecule has 0 aliphatic heterocycles. The molecule has 0 aromatic heterocycles. The second-order valence-corrected chi connectivity index (χ2v) is 4.38. The summed E-state index contributed by atoms with van der Waals surface area (Å²) in [5.74, 6) is -0.367. The monoisotopic (exact) mass is 260 g/mol. The molecule has 3 radical (unpaired) electrons. The van der Waals surface area contributed by atoms with Gasteiger partial charge in [0.1, 0.15) is 6.10 Å². The number of carbonyl (C=O) groups is 1. The molecule has 0 rings (SSSR count).